The quantitative estimate of drug-likeness (QED) is 0.480. The first-order chi connectivity index (χ1) is 12.1. The maximum absolute atomic E-state index is 5.99. The number of morpholine rings is 1. The van der Waals surface area contributed by atoms with Crippen LogP contribution in [0.2, 0.25) is 5.02 Å². The van der Waals surface area contributed by atoms with Crippen molar-refractivity contribution >= 4 is 41.2 Å². The summed E-state index contributed by atoms with van der Waals surface area (Å²) in [7, 11) is 0. The highest BCUT2D eigenvalue weighted by molar-refractivity contribution is 7.80. The van der Waals surface area contributed by atoms with Gasteiger partial charge in [-0.3, -0.25) is 5.43 Å². The molecule has 0 radical (unpaired) electrons. The molecule has 1 fully saturated rings. The highest BCUT2D eigenvalue weighted by Gasteiger charge is 2.25. The van der Waals surface area contributed by atoms with Crippen LogP contribution in [-0.2, 0) is 4.74 Å². The molecular formula is C18H21ClN4OS. The largest absolute Gasteiger partial charge is 0.378 e. The van der Waals surface area contributed by atoms with Crippen LogP contribution in [0.3, 0.4) is 0 Å². The molecular weight excluding hydrogens is 356 g/mol. The SMILES string of the molecule is NC(=S)N/N=C\C1=C(N2CCOCC2)C(=Cc2ccc(Cl)cc2)CC1. The molecule has 3 rings (SSSR count). The van der Waals surface area contributed by atoms with E-state index in [1.165, 1.54) is 16.8 Å². The van der Waals surface area contributed by atoms with Crippen LogP contribution in [0.1, 0.15) is 18.4 Å². The Morgan fingerprint density at radius 2 is 1.96 bits per heavy atom. The number of rotatable bonds is 4. The van der Waals surface area contributed by atoms with Crippen LogP contribution in [-0.4, -0.2) is 42.5 Å². The van der Waals surface area contributed by atoms with Gasteiger partial charge in [0.1, 0.15) is 0 Å². The summed E-state index contributed by atoms with van der Waals surface area (Å²) in [4.78, 5) is 2.38. The van der Waals surface area contributed by atoms with Gasteiger partial charge < -0.3 is 15.4 Å². The molecule has 132 valence electrons. The Morgan fingerprint density at radius 3 is 2.64 bits per heavy atom. The maximum Gasteiger partial charge on any atom is 0.184 e. The smallest absolute Gasteiger partial charge is 0.184 e. The lowest BCUT2D eigenvalue weighted by Crippen LogP contribution is -2.36. The second-order valence-electron chi connectivity index (χ2n) is 5.93. The topological polar surface area (TPSA) is 62.9 Å². The average molecular weight is 377 g/mol. The number of thiocarbonyl (C=S) groups is 1. The Hall–Kier alpha value is -1.89. The monoisotopic (exact) mass is 376 g/mol. The fourth-order valence-electron chi connectivity index (χ4n) is 3.11. The maximum atomic E-state index is 5.99. The van der Waals surface area contributed by atoms with Crippen molar-refractivity contribution in [3.8, 4) is 0 Å². The van der Waals surface area contributed by atoms with E-state index in [2.05, 4.69) is 21.5 Å². The Balaban J connectivity index is 1.90. The zero-order chi connectivity index (χ0) is 17.6. The first kappa shape index (κ1) is 17.9. The summed E-state index contributed by atoms with van der Waals surface area (Å²) in [6, 6.07) is 7.89. The number of ether oxygens (including phenoxy) is 1. The van der Waals surface area contributed by atoms with Crippen molar-refractivity contribution in [3.05, 3.63) is 51.7 Å². The third kappa shape index (κ3) is 4.81. The van der Waals surface area contributed by atoms with Crippen LogP contribution in [0, 0.1) is 0 Å². The lowest BCUT2D eigenvalue weighted by atomic mass is 10.1. The van der Waals surface area contributed by atoms with Crippen LogP contribution in [0.15, 0.2) is 46.2 Å². The Labute approximate surface area is 158 Å². The van der Waals surface area contributed by atoms with E-state index in [-0.39, 0.29) is 5.11 Å². The third-order valence-electron chi connectivity index (χ3n) is 4.21. The van der Waals surface area contributed by atoms with Crippen LogP contribution in [0.25, 0.3) is 6.08 Å². The molecule has 1 aromatic carbocycles. The zero-order valence-corrected chi connectivity index (χ0v) is 15.4. The molecule has 0 unspecified atom stereocenters. The number of hydrazone groups is 1. The van der Waals surface area contributed by atoms with Crippen molar-refractivity contribution in [1.82, 2.24) is 10.3 Å². The molecule has 0 atom stereocenters. The molecule has 1 aliphatic heterocycles. The van der Waals surface area contributed by atoms with Crippen molar-refractivity contribution in [2.45, 2.75) is 12.8 Å². The van der Waals surface area contributed by atoms with Crippen molar-refractivity contribution in [2.75, 3.05) is 26.3 Å². The van der Waals surface area contributed by atoms with Gasteiger partial charge in [-0.2, -0.15) is 5.10 Å². The minimum absolute atomic E-state index is 0.166. The number of hydrogen-bond acceptors (Lipinski definition) is 4. The molecule has 1 aromatic rings. The van der Waals surface area contributed by atoms with Gasteiger partial charge in [0.15, 0.2) is 5.11 Å². The Kier molecular flexibility index (Phi) is 6.07. The lowest BCUT2D eigenvalue weighted by molar-refractivity contribution is 0.0548. The molecule has 5 nitrogen and oxygen atoms in total. The molecule has 1 saturated heterocycles. The van der Waals surface area contributed by atoms with Gasteiger partial charge in [0.2, 0.25) is 0 Å². The molecule has 0 bridgehead atoms. The Morgan fingerprint density at radius 1 is 1.24 bits per heavy atom. The summed E-state index contributed by atoms with van der Waals surface area (Å²) in [5, 5.41) is 5.06. The van der Waals surface area contributed by atoms with Gasteiger partial charge >= 0.3 is 0 Å². The van der Waals surface area contributed by atoms with E-state index in [9.17, 15) is 0 Å². The third-order valence-corrected chi connectivity index (χ3v) is 4.55. The van der Waals surface area contributed by atoms with Crippen LogP contribution < -0.4 is 11.2 Å². The van der Waals surface area contributed by atoms with Crippen LogP contribution in [0.5, 0.6) is 0 Å². The number of nitrogens with two attached hydrogens (primary N) is 1. The molecule has 25 heavy (non-hydrogen) atoms. The number of benzene rings is 1. The van der Waals surface area contributed by atoms with E-state index in [1.807, 2.05) is 30.5 Å². The predicted molar refractivity (Wildman–Crippen MR) is 106 cm³/mol. The summed E-state index contributed by atoms with van der Waals surface area (Å²) < 4.78 is 5.50. The number of halogens is 1. The molecule has 0 spiro atoms. The summed E-state index contributed by atoms with van der Waals surface area (Å²) in [5.41, 5.74) is 12.9. The Bertz CT molecular complexity index is 721. The van der Waals surface area contributed by atoms with E-state index in [1.54, 1.807) is 0 Å². The van der Waals surface area contributed by atoms with Gasteiger partial charge in [-0.1, -0.05) is 23.7 Å². The molecule has 0 saturated carbocycles. The molecule has 3 N–H and O–H groups in total. The van der Waals surface area contributed by atoms with Gasteiger partial charge in [0.25, 0.3) is 0 Å². The van der Waals surface area contributed by atoms with Gasteiger partial charge in [-0.25, -0.2) is 0 Å². The molecule has 1 aliphatic carbocycles. The average Bonchev–Trinajstić information content (AvgIpc) is 3.00. The second kappa shape index (κ2) is 8.47. The summed E-state index contributed by atoms with van der Waals surface area (Å²) in [6.07, 6.45) is 5.97. The highest BCUT2D eigenvalue weighted by atomic mass is 35.5. The summed E-state index contributed by atoms with van der Waals surface area (Å²) >= 11 is 10.8. The number of allylic oxidation sites excluding steroid dienone is 2. The minimum atomic E-state index is 0.166. The van der Waals surface area contributed by atoms with Crippen molar-refractivity contribution in [2.24, 2.45) is 10.8 Å². The van der Waals surface area contributed by atoms with E-state index < -0.39 is 0 Å². The minimum Gasteiger partial charge on any atom is -0.378 e. The van der Waals surface area contributed by atoms with Crippen molar-refractivity contribution in [3.63, 3.8) is 0 Å². The normalized spacial score (nSPS) is 19.9. The van der Waals surface area contributed by atoms with Crippen LogP contribution in [0.4, 0.5) is 0 Å². The van der Waals surface area contributed by atoms with E-state index in [0.29, 0.717) is 0 Å². The standard InChI is InChI=1S/C18H21ClN4OS/c19-16-5-1-13(2-6-16)11-14-3-4-15(12-21-22-18(20)25)17(14)23-7-9-24-10-8-23/h1-2,5-6,11-12H,3-4,7-10H2,(H3,20,22,25)/b14-11?,21-12-. The molecule has 1 heterocycles. The van der Waals surface area contributed by atoms with Crippen molar-refractivity contribution < 1.29 is 4.74 Å². The first-order valence-electron chi connectivity index (χ1n) is 8.24. The lowest BCUT2D eigenvalue weighted by Gasteiger charge is -2.31. The molecule has 0 amide bonds. The second-order valence-corrected chi connectivity index (χ2v) is 6.80. The summed E-state index contributed by atoms with van der Waals surface area (Å²) in [6.45, 7) is 3.25. The van der Waals surface area contributed by atoms with Gasteiger partial charge in [0.05, 0.1) is 19.4 Å². The van der Waals surface area contributed by atoms with Gasteiger partial charge in [-0.15, -0.1) is 0 Å². The van der Waals surface area contributed by atoms with Crippen molar-refractivity contribution in [1.29, 1.82) is 0 Å². The highest BCUT2D eigenvalue weighted by Crippen LogP contribution is 2.35. The molecule has 0 aromatic heterocycles. The first-order valence-corrected chi connectivity index (χ1v) is 9.03. The van der Waals surface area contributed by atoms with Gasteiger partial charge in [0, 0.05) is 23.8 Å². The van der Waals surface area contributed by atoms with Crippen LogP contribution >= 0.6 is 23.8 Å². The number of hydrogen-bond donors (Lipinski definition) is 2. The zero-order valence-electron chi connectivity index (χ0n) is 13.9. The van der Waals surface area contributed by atoms with E-state index in [0.717, 1.165) is 49.7 Å². The molecule has 7 heteroatoms. The number of nitrogens with one attached hydrogen (secondary N) is 1. The predicted octanol–water partition coefficient (Wildman–Crippen LogP) is 2.92. The van der Waals surface area contributed by atoms with Gasteiger partial charge in [-0.05, 0) is 60.0 Å². The van der Waals surface area contributed by atoms with E-state index >= 15 is 0 Å². The fourth-order valence-corrected chi connectivity index (χ4v) is 3.28. The number of nitrogens with zero attached hydrogens (tertiary/aromatic N) is 2. The molecule has 2 aliphatic rings. The fraction of sp³-hybridized carbons (Fsp3) is 0.333. The summed E-state index contributed by atoms with van der Waals surface area (Å²) in [5.74, 6) is 0. The van der Waals surface area contributed by atoms with E-state index in [4.69, 9.17) is 34.3 Å².